The van der Waals surface area contributed by atoms with Gasteiger partial charge in [-0.25, -0.2) is 0 Å². The van der Waals surface area contributed by atoms with Crippen molar-refractivity contribution in [3.05, 3.63) is 70.8 Å². The number of hydrogen-bond donors (Lipinski definition) is 0. The van der Waals surface area contributed by atoms with Crippen LogP contribution in [0, 0.1) is 13.8 Å². The van der Waals surface area contributed by atoms with Crippen LogP contribution in [-0.2, 0) is 0 Å². The molecule has 0 fully saturated rings. The summed E-state index contributed by atoms with van der Waals surface area (Å²) in [5.41, 5.74) is 2.42. The number of benzene rings is 2. The van der Waals surface area contributed by atoms with E-state index >= 15 is 0 Å². The minimum absolute atomic E-state index is 0.200. The SMILES string of the molecule is C/C(=C(\c1ccc(C)cc1)C(F)(F)F)c1ccc(C)cc1. The Hall–Kier alpha value is -2.03. The fourth-order valence-corrected chi connectivity index (χ4v) is 2.26. The smallest absolute Gasteiger partial charge is 0.166 e. The van der Waals surface area contributed by atoms with Gasteiger partial charge in [0.25, 0.3) is 0 Å². The zero-order valence-electron chi connectivity index (χ0n) is 12.3. The van der Waals surface area contributed by atoms with E-state index in [1.54, 1.807) is 24.3 Å². The molecule has 2 aromatic carbocycles. The molecule has 0 radical (unpaired) electrons. The van der Waals surface area contributed by atoms with Crippen molar-refractivity contribution in [1.29, 1.82) is 0 Å². The molecular weight excluding hydrogens is 273 g/mol. The first kappa shape index (κ1) is 15.4. The molecule has 21 heavy (non-hydrogen) atoms. The van der Waals surface area contributed by atoms with E-state index in [-0.39, 0.29) is 11.1 Å². The fourth-order valence-electron chi connectivity index (χ4n) is 2.26. The lowest BCUT2D eigenvalue weighted by Crippen LogP contribution is -2.12. The third-order valence-electron chi connectivity index (χ3n) is 3.48. The van der Waals surface area contributed by atoms with E-state index < -0.39 is 11.7 Å². The van der Waals surface area contributed by atoms with Gasteiger partial charge >= 0.3 is 6.18 Å². The van der Waals surface area contributed by atoms with Gasteiger partial charge in [-0.2, -0.15) is 13.2 Å². The normalized spacial score (nSPS) is 13.0. The van der Waals surface area contributed by atoms with Crippen molar-refractivity contribution in [2.45, 2.75) is 26.9 Å². The Morgan fingerprint density at radius 1 is 0.714 bits per heavy atom. The Morgan fingerprint density at radius 3 is 1.48 bits per heavy atom. The zero-order valence-corrected chi connectivity index (χ0v) is 12.3. The second-order valence-corrected chi connectivity index (χ2v) is 5.23. The van der Waals surface area contributed by atoms with E-state index in [1.807, 2.05) is 26.0 Å². The first-order valence-electron chi connectivity index (χ1n) is 6.71. The van der Waals surface area contributed by atoms with Gasteiger partial charge in [0.05, 0.1) is 5.57 Å². The summed E-state index contributed by atoms with van der Waals surface area (Å²) in [4.78, 5) is 0. The number of rotatable bonds is 2. The summed E-state index contributed by atoms with van der Waals surface area (Å²) in [7, 11) is 0. The summed E-state index contributed by atoms with van der Waals surface area (Å²) in [5.74, 6) is 0. The van der Waals surface area contributed by atoms with Gasteiger partial charge in [0.15, 0.2) is 0 Å². The highest BCUT2D eigenvalue weighted by atomic mass is 19.4. The van der Waals surface area contributed by atoms with Crippen LogP contribution < -0.4 is 0 Å². The third-order valence-corrected chi connectivity index (χ3v) is 3.48. The van der Waals surface area contributed by atoms with Gasteiger partial charge in [-0.15, -0.1) is 0 Å². The zero-order chi connectivity index (χ0) is 15.6. The molecule has 0 amide bonds. The van der Waals surface area contributed by atoms with Crippen molar-refractivity contribution in [3.8, 4) is 0 Å². The minimum atomic E-state index is -4.38. The molecule has 0 nitrogen and oxygen atoms in total. The molecule has 0 heterocycles. The summed E-state index contributed by atoms with van der Waals surface area (Å²) in [6.07, 6.45) is -4.38. The summed E-state index contributed by atoms with van der Waals surface area (Å²) < 4.78 is 40.4. The summed E-state index contributed by atoms with van der Waals surface area (Å²) in [6, 6.07) is 13.5. The van der Waals surface area contributed by atoms with Crippen molar-refractivity contribution >= 4 is 11.1 Å². The number of aryl methyl sites for hydroxylation is 2. The molecule has 110 valence electrons. The van der Waals surface area contributed by atoms with Crippen molar-refractivity contribution in [2.75, 3.05) is 0 Å². The number of alkyl halides is 3. The van der Waals surface area contributed by atoms with Crippen molar-refractivity contribution in [3.63, 3.8) is 0 Å². The molecule has 0 aliphatic carbocycles. The number of halogens is 3. The highest BCUT2D eigenvalue weighted by Gasteiger charge is 2.36. The molecule has 0 atom stereocenters. The maximum atomic E-state index is 13.5. The van der Waals surface area contributed by atoms with Gasteiger partial charge in [0.1, 0.15) is 0 Å². The van der Waals surface area contributed by atoms with Crippen LogP contribution in [-0.4, -0.2) is 6.18 Å². The highest BCUT2D eigenvalue weighted by Crippen LogP contribution is 2.39. The lowest BCUT2D eigenvalue weighted by atomic mass is 9.94. The second-order valence-electron chi connectivity index (χ2n) is 5.23. The molecular formula is C18H17F3. The molecule has 0 unspecified atom stereocenters. The van der Waals surface area contributed by atoms with Gasteiger partial charge in [0, 0.05) is 0 Å². The largest absolute Gasteiger partial charge is 0.417 e. The second kappa shape index (κ2) is 5.76. The predicted molar refractivity (Wildman–Crippen MR) is 80.9 cm³/mol. The molecule has 0 aliphatic rings. The van der Waals surface area contributed by atoms with Gasteiger partial charge in [-0.05, 0) is 37.5 Å². The third kappa shape index (κ3) is 3.54. The monoisotopic (exact) mass is 290 g/mol. The van der Waals surface area contributed by atoms with E-state index in [0.29, 0.717) is 5.56 Å². The van der Waals surface area contributed by atoms with Gasteiger partial charge in [0.2, 0.25) is 0 Å². The summed E-state index contributed by atoms with van der Waals surface area (Å²) in [5, 5.41) is 0. The standard InChI is InChI=1S/C18H17F3/c1-12-4-8-15(9-5-12)14(3)17(18(19,20)21)16-10-6-13(2)7-11-16/h4-11H,1-3H3/b17-14-. The molecule has 0 aliphatic heterocycles. The van der Waals surface area contributed by atoms with Crippen LogP contribution in [0.1, 0.15) is 29.2 Å². The Balaban J connectivity index is 2.61. The maximum absolute atomic E-state index is 13.5. The molecule has 0 saturated carbocycles. The maximum Gasteiger partial charge on any atom is 0.417 e. The van der Waals surface area contributed by atoms with Crippen LogP contribution in [0.3, 0.4) is 0 Å². The van der Waals surface area contributed by atoms with Crippen LogP contribution >= 0.6 is 0 Å². The van der Waals surface area contributed by atoms with Crippen molar-refractivity contribution < 1.29 is 13.2 Å². The molecule has 3 heteroatoms. The van der Waals surface area contributed by atoms with Crippen LogP contribution in [0.2, 0.25) is 0 Å². The quantitative estimate of drug-likeness (QED) is 0.613. The van der Waals surface area contributed by atoms with E-state index in [0.717, 1.165) is 11.1 Å². The molecule has 2 rings (SSSR count). The first-order chi connectivity index (χ1) is 9.79. The Morgan fingerprint density at radius 2 is 1.10 bits per heavy atom. The highest BCUT2D eigenvalue weighted by molar-refractivity contribution is 5.92. The van der Waals surface area contributed by atoms with Gasteiger partial charge < -0.3 is 0 Å². The van der Waals surface area contributed by atoms with E-state index in [4.69, 9.17) is 0 Å². The molecule has 0 N–H and O–H groups in total. The number of allylic oxidation sites excluding steroid dienone is 2. The Bertz CT molecular complexity index is 644. The average Bonchev–Trinajstić information content (AvgIpc) is 2.40. The van der Waals surface area contributed by atoms with Crippen LogP contribution in [0.15, 0.2) is 48.5 Å². The minimum Gasteiger partial charge on any atom is -0.166 e. The molecule has 0 aromatic heterocycles. The summed E-state index contributed by atoms with van der Waals surface area (Å²) >= 11 is 0. The Kier molecular flexibility index (Phi) is 4.21. The molecule has 2 aromatic rings. The fraction of sp³-hybridized carbons (Fsp3) is 0.222. The van der Waals surface area contributed by atoms with Crippen molar-refractivity contribution in [2.24, 2.45) is 0 Å². The molecule has 0 saturated heterocycles. The average molecular weight is 290 g/mol. The van der Waals surface area contributed by atoms with E-state index in [1.165, 1.54) is 19.1 Å². The predicted octanol–water partition coefficient (Wildman–Crippen LogP) is 5.80. The van der Waals surface area contributed by atoms with Gasteiger partial charge in [-0.3, -0.25) is 0 Å². The van der Waals surface area contributed by atoms with Crippen LogP contribution in [0.25, 0.3) is 11.1 Å². The lowest BCUT2D eigenvalue weighted by molar-refractivity contribution is -0.0685. The first-order valence-corrected chi connectivity index (χ1v) is 6.71. The van der Waals surface area contributed by atoms with E-state index in [2.05, 4.69) is 0 Å². The van der Waals surface area contributed by atoms with E-state index in [9.17, 15) is 13.2 Å². The number of hydrogen-bond acceptors (Lipinski definition) is 0. The lowest BCUT2D eigenvalue weighted by Gasteiger charge is -2.17. The molecule has 0 bridgehead atoms. The van der Waals surface area contributed by atoms with Gasteiger partial charge in [-0.1, -0.05) is 59.7 Å². The van der Waals surface area contributed by atoms with Crippen LogP contribution in [0.5, 0.6) is 0 Å². The van der Waals surface area contributed by atoms with Crippen LogP contribution in [0.4, 0.5) is 13.2 Å². The Labute approximate surface area is 122 Å². The van der Waals surface area contributed by atoms with Crippen molar-refractivity contribution in [1.82, 2.24) is 0 Å². The summed E-state index contributed by atoms with van der Waals surface area (Å²) in [6.45, 7) is 5.29. The topological polar surface area (TPSA) is 0 Å². The molecule has 0 spiro atoms.